The van der Waals surface area contributed by atoms with Crippen molar-refractivity contribution >= 4 is 35.0 Å². The number of aliphatic hydroxyl groups excluding tert-OH is 1. The summed E-state index contributed by atoms with van der Waals surface area (Å²) in [6.45, 7) is 4.31. The summed E-state index contributed by atoms with van der Waals surface area (Å²) in [6, 6.07) is 7.75. The second-order valence-electron chi connectivity index (χ2n) is 4.62. The molecule has 0 saturated carbocycles. The van der Waals surface area contributed by atoms with E-state index in [1.807, 2.05) is 24.3 Å². The van der Waals surface area contributed by atoms with Gasteiger partial charge in [0, 0.05) is 3.57 Å². The van der Waals surface area contributed by atoms with E-state index in [2.05, 4.69) is 36.4 Å². The first-order valence-electron chi connectivity index (χ1n) is 5.70. The Morgan fingerprint density at radius 2 is 1.71 bits per heavy atom. The SMILES string of the molecule is CC(C)CC[C@@H](O)[C@@H](N)c1ccc(I)cc1.Cl. The quantitative estimate of drug-likeness (QED) is 0.780. The maximum atomic E-state index is 9.96. The number of nitrogens with two attached hydrogens (primary N) is 1. The number of rotatable bonds is 5. The fourth-order valence-corrected chi connectivity index (χ4v) is 1.95. The zero-order valence-corrected chi connectivity index (χ0v) is 13.2. The van der Waals surface area contributed by atoms with Crippen LogP contribution in [0.1, 0.15) is 38.3 Å². The summed E-state index contributed by atoms with van der Waals surface area (Å²) in [5, 5.41) is 9.96. The average molecular weight is 370 g/mol. The van der Waals surface area contributed by atoms with E-state index < -0.39 is 6.10 Å². The van der Waals surface area contributed by atoms with Crippen LogP contribution in [-0.4, -0.2) is 11.2 Å². The van der Waals surface area contributed by atoms with Gasteiger partial charge >= 0.3 is 0 Å². The monoisotopic (exact) mass is 369 g/mol. The third-order valence-electron chi connectivity index (χ3n) is 2.71. The molecule has 0 fully saturated rings. The molecule has 17 heavy (non-hydrogen) atoms. The largest absolute Gasteiger partial charge is 0.391 e. The minimum absolute atomic E-state index is 0. The second kappa shape index (κ2) is 8.29. The minimum Gasteiger partial charge on any atom is -0.391 e. The molecule has 0 aromatic heterocycles. The van der Waals surface area contributed by atoms with Gasteiger partial charge < -0.3 is 10.8 Å². The lowest BCUT2D eigenvalue weighted by atomic mass is 9.96. The van der Waals surface area contributed by atoms with Crippen molar-refractivity contribution in [3.05, 3.63) is 33.4 Å². The van der Waals surface area contributed by atoms with Crippen LogP contribution in [0.4, 0.5) is 0 Å². The molecular weight excluding hydrogens is 349 g/mol. The second-order valence-corrected chi connectivity index (χ2v) is 5.86. The number of halogens is 2. The van der Waals surface area contributed by atoms with E-state index in [4.69, 9.17) is 5.73 Å². The lowest BCUT2D eigenvalue weighted by Crippen LogP contribution is -2.26. The van der Waals surface area contributed by atoms with E-state index >= 15 is 0 Å². The van der Waals surface area contributed by atoms with Crippen LogP contribution in [0.2, 0.25) is 0 Å². The van der Waals surface area contributed by atoms with E-state index in [-0.39, 0.29) is 18.4 Å². The molecule has 0 bridgehead atoms. The summed E-state index contributed by atoms with van der Waals surface area (Å²) < 4.78 is 1.19. The smallest absolute Gasteiger partial charge is 0.0732 e. The van der Waals surface area contributed by atoms with Crippen molar-refractivity contribution in [3.63, 3.8) is 0 Å². The van der Waals surface area contributed by atoms with Crippen LogP contribution in [0.3, 0.4) is 0 Å². The Morgan fingerprint density at radius 3 is 2.18 bits per heavy atom. The molecule has 0 spiro atoms. The summed E-state index contributed by atoms with van der Waals surface area (Å²) >= 11 is 2.26. The molecule has 1 aromatic rings. The highest BCUT2D eigenvalue weighted by molar-refractivity contribution is 14.1. The Labute approximate surface area is 124 Å². The van der Waals surface area contributed by atoms with Crippen LogP contribution in [0.5, 0.6) is 0 Å². The Kier molecular flexibility index (Phi) is 8.37. The summed E-state index contributed by atoms with van der Waals surface area (Å²) in [4.78, 5) is 0. The van der Waals surface area contributed by atoms with Crippen LogP contribution in [0.25, 0.3) is 0 Å². The normalized spacial score (nSPS) is 14.2. The molecule has 0 amide bonds. The lowest BCUT2D eigenvalue weighted by Gasteiger charge is -2.20. The highest BCUT2D eigenvalue weighted by Crippen LogP contribution is 2.20. The zero-order chi connectivity index (χ0) is 12.1. The van der Waals surface area contributed by atoms with Crippen molar-refractivity contribution in [2.24, 2.45) is 11.7 Å². The van der Waals surface area contributed by atoms with Crippen molar-refractivity contribution in [1.29, 1.82) is 0 Å². The number of hydrogen-bond donors (Lipinski definition) is 2. The molecule has 3 N–H and O–H groups in total. The van der Waals surface area contributed by atoms with Crippen molar-refractivity contribution < 1.29 is 5.11 Å². The summed E-state index contributed by atoms with van der Waals surface area (Å²) in [5.41, 5.74) is 7.03. The van der Waals surface area contributed by atoms with Gasteiger partial charge in [0.25, 0.3) is 0 Å². The highest BCUT2D eigenvalue weighted by Gasteiger charge is 2.16. The highest BCUT2D eigenvalue weighted by atomic mass is 127. The maximum Gasteiger partial charge on any atom is 0.0732 e. The molecule has 0 aliphatic carbocycles. The predicted molar refractivity (Wildman–Crippen MR) is 83.4 cm³/mol. The Balaban J connectivity index is 0.00000256. The van der Waals surface area contributed by atoms with E-state index in [0.29, 0.717) is 5.92 Å². The predicted octanol–water partition coefficient (Wildman–Crippen LogP) is 3.51. The topological polar surface area (TPSA) is 46.2 Å². The van der Waals surface area contributed by atoms with E-state index in [9.17, 15) is 5.11 Å². The van der Waals surface area contributed by atoms with Crippen LogP contribution in [0, 0.1) is 9.49 Å². The van der Waals surface area contributed by atoms with Gasteiger partial charge in [0.05, 0.1) is 12.1 Å². The van der Waals surface area contributed by atoms with Crippen LogP contribution >= 0.6 is 35.0 Å². The van der Waals surface area contributed by atoms with Crippen molar-refractivity contribution in [2.45, 2.75) is 38.8 Å². The van der Waals surface area contributed by atoms with Crippen molar-refractivity contribution in [2.75, 3.05) is 0 Å². The molecular formula is C13H21ClINO. The molecule has 0 aliphatic rings. The fourth-order valence-electron chi connectivity index (χ4n) is 1.59. The van der Waals surface area contributed by atoms with E-state index in [0.717, 1.165) is 18.4 Å². The third-order valence-corrected chi connectivity index (χ3v) is 3.43. The fraction of sp³-hybridized carbons (Fsp3) is 0.538. The van der Waals surface area contributed by atoms with Gasteiger partial charge in [-0.2, -0.15) is 0 Å². The zero-order valence-electron chi connectivity index (χ0n) is 10.3. The molecule has 0 radical (unpaired) electrons. The van der Waals surface area contributed by atoms with E-state index in [1.165, 1.54) is 3.57 Å². The van der Waals surface area contributed by atoms with Gasteiger partial charge in [-0.3, -0.25) is 0 Å². The molecule has 2 atom stereocenters. The van der Waals surface area contributed by atoms with Crippen LogP contribution in [0.15, 0.2) is 24.3 Å². The molecule has 1 aromatic carbocycles. The molecule has 1 rings (SSSR count). The van der Waals surface area contributed by atoms with Gasteiger partial charge in [0.15, 0.2) is 0 Å². The first-order chi connectivity index (χ1) is 7.50. The Hall–Kier alpha value is 0.160. The summed E-state index contributed by atoms with van der Waals surface area (Å²) in [7, 11) is 0. The Bertz CT molecular complexity index is 316. The molecule has 0 aliphatic heterocycles. The van der Waals surface area contributed by atoms with Gasteiger partial charge in [-0.15, -0.1) is 12.4 Å². The maximum absolute atomic E-state index is 9.96. The molecule has 4 heteroatoms. The van der Waals surface area contributed by atoms with Gasteiger partial charge in [-0.25, -0.2) is 0 Å². The first kappa shape index (κ1) is 17.2. The van der Waals surface area contributed by atoms with Gasteiger partial charge in [-0.1, -0.05) is 26.0 Å². The third kappa shape index (κ3) is 6.04. The number of benzene rings is 1. The minimum atomic E-state index is -0.442. The molecule has 98 valence electrons. The Morgan fingerprint density at radius 1 is 1.18 bits per heavy atom. The summed E-state index contributed by atoms with van der Waals surface area (Å²) in [5.74, 6) is 0.610. The number of aliphatic hydroxyl groups is 1. The first-order valence-corrected chi connectivity index (χ1v) is 6.77. The lowest BCUT2D eigenvalue weighted by molar-refractivity contribution is 0.128. The molecule has 0 saturated heterocycles. The van der Waals surface area contributed by atoms with Crippen molar-refractivity contribution in [1.82, 2.24) is 0 Å². The standard InChI is InChI=1S/C13H20INO.ClH/c1-9(2)3-8-12(16)13(15)10-4-6-11(14)7-5-10;/h4-7,9,12-13,16H,3,8,15H2,1-2H3;1H/t12-,13+;/m1./s1. The molecule has 0 heterocycles. The van der Waals surface area contributed by atoms with Gasteiger partial charge in [0.1, 0.15) is 0 Å². The summed E-state index contributed by atoms with van der Waals surface area (Å²) in [6.07, 6.45) is 1.34. The van der Waals surface area contributed by atoms with Crippen molar-refractivity contribution in [3.8, 4) is 0 Å². The van der Waals surface area contributed by atoms with E-state index in [1.54, 1.807) is 0 Å². The van der Waals surface area contributed by atoms with Gasteiger partial charge in [-0.05, 0) is 59.0 Å². The van der Waals surface area contributed by atoms with Crippen LogP contribution in [-0.2, 0) is 0 Å². The number of hydrogen-bond acceptors (Lipinski definition) is 2. The van der Waals surface area contributed by atoms with Gasteiger partial charge in [0.2, 0.25) is 0 Å². The van der Waals surface area contributed by atoms with Crippen LogP contribution < -0.4 is 5.73 Å². The molecule has 2 nitrogen and oxygen atoms in total. The molecule has 0 unspecified atom stereocenters. The average Bonchev–Trinajstić information content (AvgIpc) is 2.26.